The van der Waals surface area contributed by atoms with Crippen LogP contribution in [0.25, 0.3) is 22.4 Å². The molecule has 106 valence electrons. The van der Waals surface area contributed by atoms with Crippen LogP contribution < -0.4 is 5.73 Å². The normalized spacial score (nSPS) is 10.8. The Morgan fingerprint density at radius 3 is 2.52 bits per heavy atom. The summed E-state index contributed by atoms with van der Waals surface area (Å²) in [5, 5.41) is 3.87. The topological polar surface area (TPSA) is 52.0 Å². The van der Waals surface area contributed by atoms with E-state index in [4.69, 9.17) is 10.3 Å². The van der Waals surface area contributed by atoms with E-state index in [1.54, 1.807) is 0 Å². The number of aromatic nitrogens is 1. The number of rotatable bonds is 2. The molecule has 0 amide bonds. The van der Waals surface area contributed by atoms with E-state index in [-0.39, 0.29) is 5.88 Å². The Balaban J connectivity index is 2.19. The minimum Gasteiger partial charge on any atom is -0.367 e. The second-order valence-electron chi connectivity index (χ2n) is 4.77. The van der Waals surface area contributed by atoms with E-state index in [1.807, 2.05) is 31.2 Å². The van der Waals surface area contributed by atoms with Crippen LogP contribution in [0.15, 0.2) is 47.0 Å². The molecule has 1 aromatic heterocycles. The molecule has 0 aliphatic heterocycles. The first-order valence-corrected chi connectivity index (χ1v) is 6.34. The summed E-state index contributed by atoms with van der Waals surface area (Å²) >= 11 is 0. The molecule has 0 saturated carbocycles. The quantitative estimate of drug-likeness (QED) is 0.769. The lowest BCUT2D eigenvalue weighted by molar-refractivity contribution is 0.439. The van der Waals surface area contributed by atoms with Crippen LogP contribution in [-0.2, 0) is 0 Å². The molecule has 0 aliphatic carbocycles. The molecule has 3 aromatic rings. The third-order valence-corrected chi connectivity index (χ3v) is 3.22. The molecule has 2 aromatic carbocycles. The van der Waals surface area contributed by atoms with Crippen molar-refractivity contribution in [1.82, 2.24) is 5.16 Å². The predicted molar refractivity (Wildman–Crippen MR) is 76.4 cm³/mol. The van der Waals surface area contributed by atoms with Gasteiger partial charge in [0.2, 0.25) is 5.88 Å². The lowest BCUT2D eigenvalue weighted by atomic mass is 9.99. The van der Waals surface area contributed by atoms with Crippen molar-refractivity contribution in [3.63, 3.8) is 0 Å². The molecule has 3 rings (SSSR count). The van der Waals surface area contributed by atoms with E-state index < -0.39 is 11.6 Å². The highest BCUT2D eigenvalue weighted by Gasteiger charge is 2.18. The molecule has 0 radical (unpaired) electrons. The maximum Gasteiger partial charge on any atom is 0.230 e. The molecule has 0 bridgehead atoms. The molecule has 0 aliphatic rings. The number of anilines is 1. The zero-order valence-corrected chi connectivity index (χ0v) is 11.2. The van der Waals surface area contributed by atoms with Crippen molar-refractivity contribution in [2.24, 2.45) is 0 Å². The van der Waals surface area contributed by atoms with Crippen LogP contribution in [0, 0.1) is 18.6 Å². The van der Waals surface area contributed by atoms with Gasteiger partial charge in [0.25, 0.3) is 0 Å². The van der Waals surface area contributed by atoms with Gasteiger partial charge in [0.05, 0.1) is 5.56 Å². The molecule has 0 unspecified atom stereocenters. The summed E-state index contributed by atoms with van der Waals surface area (Å²) in [6.07, 6.45) is 0. The van der Waals surface area contributed by atoms with Crippen LogP contribution >= 0.6 is 0 Å². The lowest BCUT2D eigenvalue weighted by Gasteiger charge is -2.04. The summed E-state index contributed by atoms with van der Waals surface area (Å²) in [5.74, 6) is -1.71. The number of benzene rings is 2. The fraction of sp³-hybridized carbons (Fsp3) is 0.0625. The number of hydrogen-bond acceptors (Lipinski definition) is 3. The summed E-state index contributed by atoms with van der Waals surface area (Å²) in [6, 6.07) is 11.2. The van der Waals surface area contributed by atoms with E-state index in [0.29, 0.717) is 16.8 Å². The van der Waals surface area contributed by atoms with Gasteiger partial charge in [-0.2, -0.15) is 0 Å². The zero-order chi connectivity index (χ0) is 15.0. The predicted octanol–water partition coefficient (Wildman–Crippen LogP) is 4.18. The Morgan fingerprint density at radius 1 is 1.00 bits per heavy atom. The number of halogens is 2. The Hall–Kier alpha value is -2.69. The molecule has 1 heterocycles. The molecule has 0 atom stereocenters. The first-order chi connectivity index (χ1) is 10.1. The molecule has 5 heteroatoms. The van der Waals surface area contributed by atoms with Crippen molar-refractivity contribution in [2.75, 3.05) is 5.73 Å². The fourth-order valence-electron chi connectivity index (χ4n) is 2.22. The van der Waals surface area contributed by atoms with Crippen LogP contribution in [0.4, 0.5) is 14.7 Å². The van der Waals surface area contributed by atoms with Crippen molar-refractivity contribution in [3.05, 3.63) is 59.7 Å². The fourth-order valence-corrected chi connectivity index (χ4v) is 2.22. The van der Waals surface area contributed by atoms with Gasteiger partial charge in [0.15, 0.2) is 11.6 Å². The largest absolute Gasteiger partial charge is 0.367 e. The van der Waals surface area contributed by atoms with E-state index in [1.165, 1.54) is 6.07 Å². The van der Waals surface area contributed by atoms with Gasteiger partial charge in [0, 0.05) is 5.56 Å². The Bertz CT molecular complexity index is 812. The van der Waals surface area contributed by atoms with Crippen LogP contribution in [0.2, 0.25) is 0 Å². The van der Waals surface area contributed by atoms with Crippen LogP contribution in [0.3, 0.4) is 0 Å². The van der Waals surface area contributed by atoms with Crippen LogP contribution in [0.1, 0.15) is 5.56 Å². The van der Waals surface area contributed by atoms with Crippen LogP contribution in [-0.4, -0.2) is 5.16 Å². The van der Waals surface area contributed by atoms with Gasteiger partial charge in [-0.25, -0.2) is 8.78 Å². The van der Waals surface area contributed by atoms with Gasteiger partial charge in [-0.15, -0.1) is 0 Å². The highest BCUT2D eigenvalue weighted by Crippen LogP contribution is 2.36. The Labute approximate surface area is 120 Å². The highest BCUT2D eigenvalue weighted by atomic mass is 19.2. The van der Waals surface area contributed by atoms with E-state index >= 15 is 0 Å². The van der Waals surface area contributed by atoms with Gasteiger partial charge >= 0.3 is 0 Å². The van der Waals surface area contributed by atoms with Gasteiger partial charge in [-0.3, -0.25) is 0 Å². The van der Waals surface area contributed by atoms with Gasteiger partial charge < -0.3 is 10.3 Å². The van der Waals surface area contributed by atoms with E-state index in [9.17, 15) is 8.78 Å². The highest BCUT2D eigenvalue weighted by molar-refractivity contribution is 5.86. The first-order valence-electron chi connectivity index (χ1n) is 6.34. The number of aryl methyl sites for hydroxylation is 1. The first kappa shape index (κ1) is 13.3. The minimum absolute atomic E-state index is 0.139. The van der Waals surface area contributed by atoms with Gasteiger partial charge in [-0.1, -0.05) is 35.0 Å². The zero-order valence-electron chi connectivity index (χ0n) is 11.2. The molecule has 0 spiro atoms. The molecule has 0 fully saturated rings. The van der Waals surface area contributed by atoms with Crippen molar-refractivity contribution in [3.8, 4) is 22.4 Å². The van der Waals surface area contributed by atoms with Gasteiger partial charge in [-0.05, 0) is 30.7 Å². The SMILES string of the molecule is Cc1cccc(-c2c(-c3ccc(F)c(F)c3)noc2N)c1. The van der Waals surface area contributed by atoms with Crippen molar-refractivity contribution in [2.45, 2.75) is 6.92 Å². The van der Waals surface area contributed by atoms with Crippen molar-refractivity contribution in [1.29, 1.82) is 0 Å². The molecule has 2 N–H and O–H groups in total. The third kappa shape index (κ3) is 2.38. The second-order valence-corrected chi connectivity index (χ2v) is 4.77. The smallest absolute Gasteiger partial charge is 0.230 e. The number of nitrogens with two attached hydrogens (primary N) is 1. The number of nitrogens with zero attached hydrogens (tertiary/aromatic N) is 1. The Kier molecular flexibility index (Phi) is 3.17. The molecular formula is C16H12F2N2O. The Morgan fingerprint density at radius 2 is 1.81 bits per heavy atom. The van der Waals surface area contributed by atoms with Gasteiger partial charge in [0.1, 0.15) is 5.69 Å². The maximum atomic E-state index is 13.4. The number of nitrogen functional groups attached to an aromatic ring is 1. The monoisotopic (exact) mass is 286 g/mol. The summed E-state index contributed by atoms with van der Waals surface area (Å²) in [6.45, 7) is 1.95. The standard InChI is InChI=1S/C16H12F2N2O/c1-9-3-2-4-10(7-9)14-15(20-21-16(14)19)11-5-6-12(17)13(18)8-11/h2-8H,19H2,1H3. The van der Waals surface area contributed by atoms with E-state index in [2.05, 4.69) is 5.16 Å². The minimum atomic E-state index is -0.940. The van der Waals surface area contributed by atoms with Crippen molar-refractivity contribution < 1.29 is 13.3 Å². The maximum absolute atomic E-state index is 13.4. The third-order valence-electron chi connectivity index (χ3n) is 3.22. The summed E-state index contributed by atoms with van der Waals surface area (Å²) in [7, 11) is 0. The van der Waals surface area contributed by atoms with E-state index in [0.717, 1.165) is 23.3 Å². The average Bonchev–Trinajstić information content (AvgIpc) is 2.84. The molecule has 3 nitrogen and oxygen atoms in total. The summed E-state index contributed by atoms with van der Waals surface area (Å²) < 4.78 is 31.5. The lowest BCUT2D eigenvalue weighted by Crippen LogP contribution is -1.90. The van der Waals surface area contributed by atoms with Crippen molar-refractivity contribution >= 4 is 5.88 Å². The second kappa shape index (κ2) is 5.01. The van der Waals surface area contributed by atoms with Crippen LogP contribution in [0.5, 0.6) is 0 Å². The average molecular weight is 286 g/mol. The molecule has 21 heavy (non-hydrogen) atoms. The summed E-state index contributed by atoms with van der Waals surface area (Å²) in [5.41, 5.74) is 9.06. The summed E-state index contributed by atoms with van der Waals surface area (Å²) in [4.78, 5) is 0. The molecular weight excluding hydrogens is 274 g/mol. The molecule has 0 saturated heterocycles. The number of hydrogen-bond donors (Lipinski definition) is 1.